The molecule has 6 atom stereocenters. The first-order valence-corrected chi connectivity index (χ1v) is 14.2. The standard InChI is InChI=1S/C28H39N3O5S/c1-5-14-30(20-12-10-19(11-13-20)29(6-2)7-3)26(34)24-28-18(4)17-21(37-28)22(27(35)36)23(28)25(33)31(24)15-8-9-16-32/h5,10-13,18,21-24,32H,1,6-9,14-17H2,2-4H3,(H,35,36)/t18?,21-,22+,23+,24?,28?/m1/s1. The van der Waals surface area contributed by atoms with Crippen molar-refractivity contribution in [2.75, 3.05) is 42.6 Å². The molecule has 3 fully saturated rings. The van der Waals surface area contributed by atoms with Crippen LogP contribution in [-0.2, 0) is 14.4 Å². The number of fused-ring (bicyclic) bond motifs is 1. The van der Waals surface area contributed by atoms with Crippen molar-refractivity contribution in [3.8, 4) is 0 Å². The molecule has 1 aromatic carbocycles. The van der Waals surface area contributed by atoms with Crippen LogP contribution in [0.4, 0.5) is 11.4 Å². The molecule has 2 N–H and O–H groups in total. The smallest absolute Gasteiger partial charge is 0.308 e. The first kappa shape index (κ1) is 27.5. The van der Waals surface area contributed by atoms with E-state index in [1.165, 1.54) is 0 Å². The number of aliphatic hydroxyl groups excluding tert-OH is 1. The van der Waals surface area contributed by atoms with Gasteiger partial charge in [-0.15, -0.1) is 18.3 Å². The van der Waals surface area contributed by atoms with Crippen LogP contribution in [-0.4, -0.2) is 81.7 Å². The highest BCUT2D eigenvalue weighted by atomic mass is 32.2. The van der Waals surface area contributed by atoms with Crippen LogP contribution in [0.1, 0.15) is 40.0 Å². The number of nitrogens with zero attached hydrogens (tertiary/aromatic N) is 3. The summed E-state index contributed by atoms with van der Waals surface area (Å²) in [5.41, 5.74) is 1.80. The summed E-state index contributed by atoms with van der Waals surface area (Å²) in [6, 6.07) is 7.11. The lowest BCUT2D eigenvalue weighted by Crippen LogP contribution is -2.57. The molecule has 202 valence electrons. The number of unbranched alkanes of at least 4 members (excludes halogenated alkanes) is 1. The summed E-state index contributed by atoms with van der Waals surface area (Å²) >= 11 is 1.55. The maximum atomic E-state index is 14.5. The van der Waals surface area contributed by atoms with E-state index in [-0.39, 0.29) is 36.1 Å². The zero-order chi connectivity index (χ0) is 26.9. The van der Waals surface area contributed by atoms with Gasteiger partial charge in [-0.25, -0.2) is 0 Å². The molecular weight excluding hydrogens is 490 g/mol. The number of anilines is 2. The molecule has 0 saturated carbocycles. The molecule has 37 heavy (non-hydrogen) atoms. The molecule has 8 nitrogen and oxygen atoms in total. The first-order chi connectivity index (χ1) is 17.8. The van der Waals surface area contributed by atoms with Gasteiger partial charge in [0.25, 0.3) is 5.91 Å². The van der Waals surface area contributed by atoms with Crippen LogP contribution in [0, 0.1) is 17.8 Å². The normalized spacial score (nSPS) is 29.9. The molecule has 3 aliphatic heterocycles. The van der Waals surface area contributed by atoms with Gasteiger partial charge in [-0.05, 0) is 63.3 Å². The molecule has 2 bridgehead atoms. The molecule has 0 radical (unpaired) electrons. The Morgan fingerprint density at radius 1 is 1.19 bits per heavy atom. The maximum absolute atomic E-state index is 14.5. The van der Waals surface area contributed by atoms with E-state index < -0.39 is 28.6 Å². The number of amides is 2. The molecule has 3 aliphatic rings. The van der Waals surface area contributed by atoms with Crippen LogP contribution in [0.25, 0.3) is 0 Å². The van der Waals surface area contributed by atoms with Gasteiger partial charge in [0, 0.05) is 49.4 Å². The highest BCUT2D eigenvalue weighted by Gasteiger charge is 2.76. The molecule has 3 heterocycles. The predicted molar refractivity (Wildman–Crippen MR) is 147 cm³/mol. The van der Waals surface area contributed by atoms with Crippen molar-refractivity contribution in [3.05, 3.63) is 36.9 Å². The average molecular weight is 530 g/mol. The van der Waals surface area contributed by atoms with Crippen LogP contribution in [0.5, 0.6) is 0 Å². The molecular formula is C28H39N3O5S. The van der Waals surface area contributed by atoms with E-state index in [2.05, 4.69) is 32.3 Å². The number of likely N-dealkylation sites (tertiary alicyclic amines) is 1. The average Bonchev–Trinajstić information content (AvgIpc) is 3.47. The molecule has 0 aromatic heterocycles. The second kappa shape index (κ2) is 11.1. The minimum absolute atomic E-state index is 0.00166. The van der Waals surface area contributed by atoms with E-state index in [1.54, 1.807) is 27.6 Å². The van der Waals surface area contributed by atoms with Gasteiger partial charge in [-0.1, -0.05) is 13.0 Å². The Kier molecular flexibility index (Phi) is 8.23. The van der Waals surface area contributed by atoms with Gasteiger partial charge in [0.05, 0.1) is 16.6 Å². The van der Waals surface area contributed by atoms with Crippen molar-refractivity contribution in [3.63, 3.8) is 0 Å². The highest BCUT2D eigenvalue weighted by Crippen LogP contribution is 2.68. The zero-order valence-corrected chi connectivity index (χ0v) is 22.8. The summed E-state index contributed by atoms with van der Waals surface area (Å²) in [5, 5.41) is 19.2. The van der Waals surface area contributed by atoms with Crippen LogP contribution < -0.4 is 9.80 Å². The van der Waals surface area contributed by atoms with Crippen LogP contribution in [0.3, 0.4) is 0 Å². The highest BCUT2D eigenvalue weighted by molar-refractivity contribution is 8.02. The fourth-order valence-corrected chi connectivity index (χ4v) is 9.16. The maximum Gasteiger partial charge on any atom is 0.308 e. The van der Waals surface area contributed by atoms with E-state index in [9.17, 15) is 24.6 Å². The Morgan fingerprint density at radius 3 is 2.41 bits per heavy atom. The number of hydrogen-bond acceptors (Lipinski definition) is 6. The van der Waals surface area contributed by atoms with Gasteiger partial charge in [0.15, 0.2) is 0 Å². The third-order valence-electron chi connectivity index (χ3n) is 8.44. The van der Waals surface area contributed by atoms with Crippen molar-refractivity contribution in [1.29, 1.82) is 0 Å². The molecule has 1 spiro atoms. The Bertz CT molecular complexity index is 1030. The first-order valence-electron chi connectivity index (χ1n) is 13.4. The third kappa shape index (κ3) is 4.44. The lowest BCUT2D eigenvalue weighted by molar-refractivity contribution is -0.149. The number of carbonyl (C=O) groups is 3. The number of aliphatic carboxylic acids is 1. The number of benzene rings is 1. The van der Waals surface area contributed by atoms with Crippen LogP contribution >= 0.6 is 11.8 Å². The van der Waals surface area contributed by atoms with Crippen LogP contribution in [0.15, 0.2) is 36.9 Å². The summed E-state index contributed by atoms with van der Waals surface area (Å²) in [6.07, 6.45) is 3.43. The second-order valence-electron chi connectivity index (χ2n) is 10.3. The van der Waals surface area contributed by atoms with Crippen molar-refractivity contribution >= 4 is 40.9 Å². The fourth-order valence-electron chi connectivity index (χ4n) is 6.75. The predicted octanol–water partition coefficient (Wildman–Crippen LogP) is 3.25. The van der Waals surface area contributed by atoms with Gasteiger partial charge in [-0.2, -0.15) is 0 Å². The number of carboxylic acids is 1. The van der Waals surface area contributed by atoms with Crippen molar-refractivity contribution in [1.82, 2.24) is 4.90 Å². The molecule has 0 aliphatic carbocycles. The summed E-state index contributed by atoms with van der Waals surface area (Å²) in [5.74, 6) is -2.86. The van der Waals surface area contributed by atoms with Crippen molar-refractivity contribution in [2.24, 2.45) is 17.8 Å². The van der Waals surface area contributed by atoms with Gasteiger partial charge in [0.2, 0.25) is 5.91 Å². The fraction of sp³-hybridized carbons (Fsp3) is 0.607. The number of thioether (sulfide) groups is 1. The van der Waals surface area contributed by atoms with Gasteiger partial charge >= 0.3 is 5.97 Å². The summed E-state index contributed by atoms with van der Waals surface area (Å²) in [7, 11) is 0. The number of aliphatic hydroxyl groups is 1. The lowest BCUT2D eigenvalue weighted by atomic mass is 9.66. The Balaban J connectivity index is 1.74. The minimum atomic E-state index is -0.956. The number of hydrogen-bond donors (Lipinski definition) is 2. The monoisotopic (exact) mass is 529 g/mol. The molecule has 9 heteroatoms. The van der Waals surface area contributed by atoms with Crippen molar-refractivity contribution in [2.45, 2.75) is 56.1 Å². The number of rotatable bonds is 12. The zero-order valence-electron chi connectivity index (χ0n) is 22.0. The molecule has 3 unspecified atom stereocenters. The Labute approximate surface area is 223 Å². The van der Waals surface area contributed by atoms with Gasteiger partial charge in [-0.3, -0.25) is 14.4 Å². The van der Waals surface area contributed by atoms with E-state index in [0.717, 1.165) is 24.5 Å². The third-order valence-corrected chi connectivity index (χ3v) is 10.5. The van der Waals surface area contributed by atoms with Crippen LogP contribution in [0.2, 0.25) is 0 Å². The molecule has 3 saturated heterocycles. The Morgan fingerprint density at radius 2 is 1.84 bits per heavy atom. The second-order valence-corrected chi connectivity index (χ2v) is 11.8. The number of carbonyl (C=O) groups excluding carboxylic acids is 2. The quantitative estimate of drug-likeness (QED) is 0.317. The topological polar surface area (TPSA) is 101 Å². The van der Waals surface area contributed by atoms with Gasteiger partial charge in [0.1, 0.15) is 6.04 Å². The van der Waals surface area contributed by atoms with E-state index >= 15 is 0 Å². The summed E-state index contributed by atoms with van der Waals surface area (Å²) in [6.45, 7) is 12.5. The summed E-state index contributed by atoms with van der Waals surface area (Å²) < 4.78 is -0.776. The Hall–Kier alpha value is -2.52. The van der Waals surface area contributed by atoms with Gasteiger partial charge < -0.3 is 24.9 Å². The molecule has 1 aromatic rings. The minimum Gasteiger partial charge on any atom is -0.481 e. The SMILES string of the molecule is C=CCN(C(=O)C1N(CCCCO)C(=O)[C@@H]2[C@@H](C(=O)O)[C@H]3CC(C)C12S3)c1ccc(N(CC)CC)cc1. The van der Waals surface area contributed by atoms with E-state index in [1.807, 2.05) is 24.3 Å². The van der Waals surface area contributed by atoms with Crippen molar-refractivity contribution < 1.29 is 24.6 Å². The van der Waals surface area contributed by atoms with E-state index in [0.29, 0.717) is 25.8 Å². The largest absolute Gasteiger partial charge is 0.481 e. The number of carboxylic acid groups (broad SMARTS) is 1. The molecule has 2 amide bonds. The molecule has 4 rings (SSSR count). The summed E-state index contributed by atoms with van der Waals surface area (Å²) in [4.78, 5) is 46.1. The van der Waals surface area contributed by atoms with E-state index in [4.69, 9.17) is 0 Å². The lowest BCUT2D eigenvalue weighted by Gasteiger charge is -2.40.